The molecule has 0 unspecified atom stereocenters. The van der Waals surface area contributed by atoms with Crippen LogP contribution in [-0.2, 0) is 16.4 Å². The molecule has 0 aromatic carbocycles. The Bertz CT molecular complexity index is 780. The highest BCUT2D eigenvalue weighted by Gasteiger charge is 2.26. The quantitative estimate of drug-likeness (QED) is 0.843. The van der Waals surface area contributed by atoms with E-state index in [1.54, 1.807) is 0 Å². The van der Waals surface area contributed by atoms with Gasteiger partial charge in [-0.2, -0.15) is 4.98 Å². The van der Waals surface area contributed by atoms with Gasteiger partial charge >= 0.3 is 0 Å². The minimum atomic E-state index is -3.08. The molecule has 0 amide bonds. The molecular weight excluding hydrogens is 316 g/mol. The van der Waals surface area contributed by atoms with Crippen molar-refractivity contribution in [3.05, 3.63) is 29.8 Å². The van der Waals surface area contributed by atoms with Crippen molar-refractivity contribution < 1.29 is 12.9 Å². The zero-order valence-electron chi connectivity index (χ0n) is 13.3. The van der Waals surface area contributed by atoms with Crippen LogP contribution in [0.15, 0.2) is 22.7 Å². The summed E-state index contributed by atoms with van der Waals surface area (Å²) in [4.78, 5) is 8.79. The van der Waals surface area contributed by atoms with E-state index in [9.17, 15) is 8.42 Å². The summed E-state index contributed by atoms with van der Waals surface area (Å²) in [6.45, 7) is 3.04. The van der Waals surface area contributed by atoms with Gasteiger partial charge in [-0.05, 0) is 37.8 Å². The number of aryl methyl sites for hydroxylation is 1. The SMILES string of the molecule is Cc1cccc(-c2noc(CC3CCN(S(C)(=O)=O)CC3)n2)n1. The van der Waals surface area contributed by atoms with Crippen LogP contribution in [0.3, 0.4) is 0 Å². The summed E-state index contributed by atoms with van der Waals surface area (Å²) >= 11 is 0. The third-order valence-electron chi connectivity index (χ3n) is 4.09. The van der Waals surface area contributed by atoms with Gasteiger partial charge in [-0.3, -0.25) is 0 Å². The smallest absolute Gasteiger partial charge is 0.227 e. The van der Waals surface area contributed by atoms with E-state index in [1.807, 2.05) is 25.1 Å². The van der Waals surface area contributed by atoms with Gasteiger partial charge in [0.2, 0.25) is 21.7 Å². The Morgan fingerprint density at radius 2 is 2.00 bits per heavy atom. The molecular formula is C15H20N4O3S. The summed E-state index contributed by atoms with van der Waals surface area (Å²) in [5.41, 5.74) is 1.61. The lowest BCUT2D eigenvalue weighted by Gasteiger charge is -2.29. The molecule has 1 aliphatic rings. The normalized spacial score (nSPS) is 17.5. The van der Waals surface area contributed by atoms with E-state index >= 15 is 0 Å². The Labute approximate surface area is 135 Å². The van der Waals surface area contributed by atoms with Crippen molar-refractivity contribution in [3.8, 4) is 11.5 Å². The molecule has 8 heteroatoms. The van der Waals surface area contributed by atoms with Crippen molar-refractivity contribution in [2.45, 2.75) is 26.2 Å². The van der Waals surface area contributed by atoms with Gasteiger partial charge in [-0.25, -0.2) is 17.7 Å². The molecule has 0 saturated carbocycles. The van der Waals surface area contributed by atoms with Crippen molar-refractivity contribution in [1.82, 2.24) is 19.4 Å². The molecule has 2 aromatic heterocycles. The second kappa shape index (κ2) is 6.37. The maximum absolute atomic E-state index is 11.5. The Kier molecular flexibility index (Phi) is 4.45. The number of pyridine rings is 1. The molecule has 0 atom stereocenters. The van der Waals surface area contributed by atoms with E-state index < -0.39 is 10.0 Å². The van der Waals surface area contributed by atoms with E-state index in [4.69, 9.17) is 4.52 Å². The van der Waals surface area contributed by atoms with E-state index in [0.29, 0.717) is 42.8 Å². The van der Waals surface area contributed by atoms with Crippen LogP contribution >= 0.6 is 0 Å². The van der Waals surface area contributed by atoms with E-state index in [1.165, 1.54) is 10.6 Å². The van der Waals surface area contributed by atoms with Crippen LogP contribution in [0.2, 0.25) is 0 Å². The molecule has 0 N–H and O–H groups in total. The molecule has 0 aliphatic carbocycles. The number of aromatic nitrogens is 3. The second-order valence-corrected chi connectivity index (χ2v) is 7.97. The number of sulfonamides is 1. The van der Waals surface area contributed by atoms with E-state index in [-0.39, 0.29) is 0 Å². The molecule has 7 nitrogen and oxygen atoms in total. The highest BCUT2D eigenvalue weighted by Crippen LogP contribution is 2.23. The van der Waals surface area contributed by atoms with Gasteiger partial charge < -0.3 is 4.52 Å². The Morgan fingerprint density at radius 1 is 1.26 bits per heavy atom. The van der Waals surface area contributed by atoms with Gasteiger partial charge in [-0.15, -0.1) is 0 Å². The lowest BCUT2D eigenvalue weighted by molar-refractivity contribution is 0.255. The Balaban J connectivity index is 1.62. The average Bonchev–Trinajstić information content (AvgIpc) is 2.95. The maximum Gasteiger partial charge on any atom is 0.227 e. The van der Waals surface area contributed by atoms with E-state index in [2.05, 4.69) is 15.1 Å². The van der Waals surface area contributed by atoms with Crippen LogP contribution in [-0.4, -0.2) is 47.2 Å². The minimum absolute atomic E-state index is 0.367. The molecule has 1 aliphatic heterocycles. The zero-order chi connectivity index (χ0) is 16.4. The highest BCUT2D eigenvalue weighted by molar-refractivity contribution is 7.88. The van der Waals surface area contributed by atoms with Gasteiger partial charge in [0.15, 0.2) is 0 Å². The second-order valence-electron chi connectivity index (χ2n) is 5.99. The molecule has 2 aromatic rings. The summed E-state index contributed by atoms with van der Waals surface area (Å²) < 4.78 is 29.9. The molecule has 3 rings (SSSR count). The van der Waals surface area contributed by atoms with Gasteiger partial charge in [0.05, 0.1) is 6.26 Å². The first-order chi connectivity index (χ1) is 10.9. The van der Waals surface area contributed by atoms with Crippen LogP contribution in [0.25, 0.3) is 11.5 Å². The van der Waals surface area contributed by atoms with Crippen LogP contribution in [0, 0.1) is 12.8 Å². The summed E-state index contributed by atoms with van der Waals surface area (Å²) in [6.07, 6.45) is 3.56. The fourth-order valence-electron chi connectivity index (χ4n) is 2.80. The average molecular weight is 336 g/mol. The first kappa shape index (κ1) is 16.1. The number of hydrogen-bond acceptors (Lipinski definition) is 6. The topological polar surface area (TPSA) is 89.2 Å². The molecule has 0 radical (unpaired) electrons. The van der Waals surface area contributed by atoms with Crippen LogP contribution in [0.4, 0.5) is 0 Å². The van der Waals surface area contributed by atoms with Crippen molar-refractivity contribution in [1.29, 1.82) is 0 Å². The number of piperidine rings is 1. The van der Waals surface area contributed by atoms with E-state index in [0.717, 1.165) is 18.5 Å². The largest absolute Gasteiger partial charge is 0.339 e. The number of hydrogen-bond donors (Lipinski definition) is 0. The third-order valence-corrected chi connectivity index (χ3v) is 5.39. The first-order valence-electron chi connectivity index (χ1n) is 7.63. The molecule has 124 valence electrons. The highest BCUT2D eigenvalue weighted by atomic mass is 32.2. The first-order valence-corrected chi connectivity index (χ1v) is 9.48. The fourth-order valence-corrected chi connectivity index (χ4v) is 3.68. The molecule has 1 fully saturated rings. The molecule has 3 heterocycles. The lowest BCUT2D eigenvalue weighted by atomic mass is 9.95. The third kappa shape index (κ3) is 3.94. The van der Waals surface area contributed by atoms with Crippen molar-refractivity contribution >= 4 is 10.0 Å². The van der Waals surface area contributed by atoms with Crippen LogP contribution in [0.1, 0.15) is 24.4 Å². The number of rotatable bonds is 4. The maximum atomic E-state index is 11.5. The Hall–Kier alpha value is -1.80. The standard InChI is InChI=1S/C15H20N4O3S/c1-11-4-3-5-13(16-11)15-17-14(22-18-15)10-12-6-8-19(9-7-12)23(2,20)21/h3-5,12H,6-10H2,1-2H3. The molecule has 1 saturated heterocycles. The van der Waals surface area contributed by atoms with Gasteiger partial charge in [-0.1, -0.05) is 11.2 Å². The summed E-state index contributed by atoms with van der Waals surface area (Å²) in [6, 6.07) is 5.68. The monoisotopic (exact) mass is 336 g/mol. The summed E-state index contributed by atoms with van der Waals surface area (Å²) in [5, 5.41) is 3.99. The Morgan fingerprint density at radius 3 is 2.65 bits per heavy atom. The predicted molar refractivity (Wildman–Crippen MR) is 85.1 cm³/mol. The molecule has 0 bridgehead atoms. The minimum Gasteiger partial charge on any atom is -0.339 e. The van der Waals surface area contributed by atoms with Crippen molar-refractivity contribution in [3.63, 3.8) is 0 Å². The number of nitrogens with zero attached hydrogens (tertiary/aromatic N) is 4. The van der Waals surface area contributed by atoms with Crippen LogP contribution < -0.4 is 0 Å². The summed E-state index contributed by atoms with van der Waals surface area (Å²) in [5.74, 6) is 1.45. The summed E-state index contributed by atoms with van der Waals surface area (Å²) in [7, 11) is -3.08. The van der Waals surface area contributed by atoms with Crippen molar-refractivity contribution in [2.75, 3.05) is 19.3 Å². The molecule has 0 spiro atoms. The lowest BCUT2D eigenvalue weighted by Crippen LogP contribution is -2.38. The van der Waals surface area contributed by atoms with Crippen molar-refractivity contribution in [2.24, 2.45) is 5.92 Å². The fraction of sp³-hybridized carbons (Fsp3) is 0.533. The van der Waals surface area contributed by atoms with Gasteiger partial charge in [0, 0.05) is 25.2 Å². The van der Waals surface area contributed by atoms with Gasteiger partial charge in [0.1, 0.15) is 5.69 Å². The predicted octanol–water partition coefficient (Wildman–Crippen LogP) is 1.65. The molecule has 23 heavy (non-hydrogen) atoms. The zero-order valence-corrected chi connectivity index (χ0v) is 14.1. The van der Waals surface area contributed by atoms with Gasteiger partial charge in [0.25, 0.3) is 0 Å². The van der Waals surface area contributed by atoms with Crippen LogP contribution in [0.5, 0.6) is 0 Å².